The molecule has 1 heterocycles. The number of halogens is 2. The molecule has 23 heavy (non-hydrogen) atoms. The number of amides is 1. The molecule has 0 radical (unpaired) electrons. The maximum Gasteiger partial charge on any atom is 0.236 e. The van der Waals surface area contributed by atoms with Crippen molar-refractivity contribution in [2.45, 2.75) is 51.7 Å². The minimum atomic E-state index is -0.456. The first kappa shape index (κ1) is 22.2. The van der Waals surface area contributed by atoms with Gasteiger partial charge in [-0.05, 0) is 44.0 Å². The van der Waals surface area contributed by atoms with E-state index in [1.807, 2.05) is 6.07 Å². The third kappa shape index (κ3) is 7.53. The van der Waals surface area contributed by atoms with Crippen LogP contribution in [0.3, 0.4) is 0 Å². The third-order valence-electron chi connectivity index (χ3n) is 4.08. The van der Waals surface area contributed by atoms with Crippen LogP contribution < -0.4 is 11.1 Å². The third-order valence-corrected chi connectivity index (χ3v) is 4.08. The molecule has 0 aromatic heterocycles. The molecule has 1 aromatic rings. The van der Waals surface area contributed by atoms with E-state index in [1.165, 1.54) is 49.9 Å². The predicted octanol–water partition coefficient (Wildman–Crippen LogP) is 2.87. The Morgan fingerprint density at radius 2 is 1.70 bits per heavy atom. The zero-order valence-corrected chi connectivity index (χ0v) is 15.4. The first-order valence-corrected chi connectivity index (χ1v) is 7.99. The summed E-state index contributed by atoms with van der Waals surface area (Å²) in [5.41, 5.74) is 8.08. The average Bonchev–Trinajstić information content (AvgIpc) is 2.74. The molecular formula is C17H29Cl2N3O. The van der Waals surface area contributed by atoms with Crippen LogP contribution in [-0.2, 0) is 17.9 Å². The van der Waals surface area contributed by atoms with Gasteiger partial charge in [0, 0.05) is 13.1 Å². The van der Waals surface area contributed by atoms with Gasteiger partial charge in [0.05, 0.1) is 6.04 Å². The summed E-state index contributed by atoms with van der Waals surface area (Å²) in [5, 5.41) is 2.91. The van der Waals surface area contributed by atoms with Crippen LogP contribution in [0.2, 0.25) is 0 Å². The standard InChI is InChI=1S/C17H27N3O.2ClH/c1-14(18)17(21)19-12-15-8-4-5-9-16(15)13-20-10-6-2-3-7-11-20;;/h4-5,8-9,14H,2-3,6-7,10-13,18H2,1H3,(H,19,21);2*1H/t14-;;/m1../s1. The second kappa shape index (κ2) is 11.7. The molecule has 0 unspecified atom stereocenters. The van der Waals surface area contributed by atoms with Crippen molar-refractivity contribution in [3.63, 3.8) is 0 Å². The normalized spacial score (nSPS) is 16.4. The number of hydrogen-bond acceptors (Lipinski definition) is 3. The van der Waals surface area contributed by atoms with Crippen molar-refractivity contribution in [2.24, 2.45) is 5.73 Å². The molecule has 6 heteroatoms. The van der Waals surface area contributed by atoms with Crippen LogP contribution in [0.15, 0.2) is 24.3 Å². The lowest BCUT2D eigenvalue weighted by Crippen LogP contribution is -2.38. The van der Waals surface area contributed by atoms with Gasteiger partial charge in [-0.2, -0.15) is 0 Å². The molecule has 4 nitrogen and oxygen atoms in total. The fourth-order valence-corrected chi connectivity index (χ4v) is 2.76. The first-order chi connectivity index (χ1) is 10.2. The maximum absolute atomic E-state index is 11.6. The molecular weight excluding hydrogens is 333 g/mol. The SMILES string of the molecule is C[C@@H](N)C(=O)NCc1ccccc1CN1CCCCCC1.Cl.Cl. The van der Waals surface area contributed by atoms with Gasteiger partial charge in [0.15, 0.2) is 0 Å². The molecule has 3 N–H and O–H groups in total. The Morgan fingerprint density at radius 3 is 2.26 bits per heavy atom. The lowest BCUT2D eigenvalue weighted by molar-refractivity contribution is -0.122. The van der Waals surface area contributed by atoms with E-state index in [9.17, 15) is 4.79 Å². The second-order valence-corrected chi connectivity index (χ2v) is 5.97. The van der Waals surface area contributed by atoms with Crippen LogP contribution in [0.4, 0.5) is 0 Å². The highest BCUT2D eigenvalue weighted by Gasteiger charge is 2.12. The Kier molecular flexibility index (Phi) is 11.3. The van der Waals surface area contributed by atoms with Crippen molar-refractivity contribution in [3.05, 3.63) is 35.4 Å². The molecule has 132 valence electrons. The fraction of sp³-hybridized carbons (Fsp3) is 0.588. The molecule has 0 aliphatic carbocycles. The van der Waals surface area contributed by atoms with Gasteiger partial charge in [-0.15, -0.1) is 24.8 Å². The van der Waals surface area contributed by atoms with Gasteiger partial charge in [-0.25, -0.2) is 0 Å². The van der Waals surface area contributed by atoms with E-state index in [4.69, 9.17) is 5.73 Å². The summed E-state index contributed by atoms with van der Waals surface area (Å²) in [7, 11) is 0. The summed E-state index contributed by atoms with van der Waals surface area (Å²) < 4.78 is 0. The highest BCUT2D eigenvalue weighted by molar-refractivity contribution is 5.85. The minimum Gasteiger partial charge on any atom is -0.351 e. The van der Waals surface area contributed by atoms with Gasteiger partial charge in [0.1, 0.15) is 0 Å². The van der Waals surface area contributed by atoms with Crippen LogP contribution in [0.1, 0.15) is 43.7 Å². The number of benzene rings is 1. The van der Waals surface area contributed by atoms with Crippen LogP contribution >= 0.6 is 24.8 Å². The van der Waals surface area contributed by atoms with Gasteiger partial charge in [-0.1, -0.05) is 37.1 Å². The van der Waals surface area contributed by atoms with Gasteiger partial charge in [0.2, 0.25) is 5.91 Å². The van der Waals surface area contributed by atoms with Crippen molar-refractivity contribution >= 4 is 30.7 Å². The van der Waals surface area contributed by atoms with Crippen LogP contribution in [-0.4, -0.2) is 29.9 Å². The average molecular weight is 362 g/mol. The number of rotatable bonds is 5. The van der Waals surface area contributed by atoms with E-state index in [2.05, 4.69) is 28.4 Å². The number of hydrogen-bond donors (Lipinski definition) is 2. The Balaban J connectivity index is 0.00000242. The van der Waals surface area contributed by atoms with E-state index in [0.717, 1.165) is 6.54 Å². The summed E-state index contributed by atoms with van der Waals surface area (Å²) in [5.74, 6) is -0.0976. The molecule has 1 aromatic carbocycles. The number of nitrogens with two attached hydrogens (primary N) is 1. The number of nitrogens with zero attached hydrogens (tertiary/aromatic N) is 1. The molecule has 1 amide bonds. The van der Waals surface area contributed by atoms with Crippen molar-refractivity contribution in [1.82, 2.24) is 10.2 Å². The number of carbonyl (C=O) groups excluding carboxylic acids is 1. The number of nitrogens with one attached hydrogen (secondary N) is 1. The van der Waals surface area contributed by atoms with Crippen molar-refractivity contribution in [3.8, 4) is 0 Å². The van der Waals surface area contributed by atoms with Gasteiger partial charge in [-0.3, -0.25) is 9.69 Å². The highest BCUT2D eigenvalue weighted by Crippen LogP contribution is 2.16. The minimum absolute atomic E-state index is 0. The first-order valence-electron chi connectivity index (χ1n) is 7.99. The van der Waals surface area contributed by atoms with E-state index in [-0.39, 0.29) is 30.7 Å². The molecule has 1 atom stereocenters. The Hall–Kier alpha value is -0.810. The predicted molar refractivity (Wildman–Crippen MR) is 100 cm³/mol. The zero-order valence-electron chi connectivity index (χ0n) is 13.8. The Bertz CT molecular complexity index is 461. The maximum atomic E-state index is 11.6. The summed E-state index contributed by atoms with van der Waals surface area (Å²) in [6.45, 7) is 5.61. The second-order valence-electron chi connectivity index (χ2n) is 5.97. The molecule has 2 rings (SSSR count). The van der Waals surface area contributed by atoms with Crippen LogP contribution in [0, 0.1) is 0 Å². The van der Waals surface area contributed by atoms with Gasteiger partial charge in [0.25, 0.3) is 0 Å². The lowest BCUT2D eigenvalue weighted by Gasteiger charge is -2.21. The van der Waals surface area contributed by atoms with Crippen molar-refractivity contribution in [1.29, 1.82) is 0 Å². The lowest BCUT2D eigenvalue weighted by atomic mass is 10.1. The molecule has 1 saturated heterocycles. The van der Waals surface area contributed by atoms with Gasteiger partial charge < -0.3 is 11.1 Å². The molecule has 1 aliphatic rings. The van der Waals surface area contributed by atoms with Crippen molar-refractivity contribution < 1.29 is 4.79 Å². The largest absolute Gasteiger partial charge is 0.351 e. The molecule has 1 fully saturated rings. The van der Waals surface area contributed by atoms with E-state index in [1.54, 1.807) is 6.92 Å². The Labute approximate surface area is 152 Å². The topological polar surface area (TPSA) is 58.4 Å². The van der Waals surface area contributed by atoms with Crippen LogP contribution in [0.5, 0.6) is 0 Å². The fourth-order valence-electron chi connectivity index (χ4n) is 2.76. The zero-order chi connectivity index (χ0) is 15.1. The summed E-state index contributed by atoms with van der Waals surface area (Å²) in [4.78, 5) is 14.1. The summed E-state index contributed by atoms with van der Waals surface area (Å²) >= 11 is 0. The molecule has 1 aliphatic heterocycles. The van der Waals surface area contributed by atoms with Crippen molar-refractivity contribution in [2.75, 3.05) is 13.1 Å². The highest BCUT2D eigenvalue weighted by atomic mass is 35.5. The van der Waals surface area contributed by atoms with Crippen LogP contribution in [0.25, 0.3) is 0 Å². The Morgan fingerprint density at radius 1 is 1.13 bits per heavy atom. The summed E-state index contributed by atoms with van der Waals surface area (Å²) in [6, 6.07) is 7.90. The van der Waals surface area contributed by atoms with E-state index >= 15 is 0 Å². The molecule has 0 saturated carbocycles. The number of likely N-dealkylation sites (tertiary alicyclic amines) is 1. The molecule has 0 bridgehead atoms. The molecule has 0 spiro atoms. The smallest absolute Gasteiger partial charge is 0.236 e. The van der Waals surface area contributed by atoms with Gasteiger partial charge >= 0.3 is 0 Å². The number of carbonyl (C=O) groups is 1. The van der Waals surface area contributed by atoms with E-state index in [0.29, 0.717) is 6.54 Å². The summed E-state index contributed by atoms with van der Waals surface area (Å²) in [6.07, 6.45) is 5.29. The monoisotopic (exact) mass is 361 g/mol. The van der Waals surface area contributed by atoms with E-state index < -0.39 is 6.04 Å². The quantitative estimate of drug-likeness (QED) is 0.847.